The fraction of sp³-hybridized carbons (Fsp3) is 0.440. The van der Waals surface area contributed by atoms with Crippen molar-refractivity contribution in [2.45, 2.75) is 46.1 Å². The lowest BCUT2D eigenvalue weighted by Crippen LogP contribution is -2.33. The van der Waals surface area contributed by atoms with E-state index in [0.717, 1.165) is 31.4 Å². The molecule has 3 heterocycles. The average molecular weight is 423 g/mol. The zero-order valence-electron chi connectivity index (χ0n) is 18.8. The lowest BCUT2D eigenvalue weighted by Gasteiger charge is -2.23. The Kier molecular flexibility index (Phi) is 6.10. The van der Waals surface area contributed by atoms with Crippen LogP contribution in [-0.4, -0.2) is 46.5 Å². The number of carbonyl (C=O) groups is 1. The number of benzene rings is 1. The Morgan fingerprint density at radius 2 is 2.13 bits per heavy atom. The van der Waals surface area contributed by atoms with Gasteiger partial charge in [0.05, 0.1) is 23.0 Å². The predicted molar refractivity (Wildman–Crippen MR) is 122 cm³/mol. The van der Waals surface area contributed by atoms with Gasteiger partial charge in [0.25, 0.3) is 5.91 Å². The second-order valence-electron chi connectivity index (χ2n) is 8.80. The Bertz CT molecular complexity index is 1100. The summed E-state index contributed by atoms with van der Waals surface area (Å²) < 4.78 is 16.2. The largest absolute Gasteiger partial charge is 0.339 e. The molecular weight excluding hydrogens is 391 g/mol. The van der Waals surface area contributed by atoms with Crippen molar-refractivity contribution >= 4 is 16.8 Å². The lowest BCUT2D eigenvalue weighted by atomic mass is 9.96. The first-order valence-corrected chi connectivity index (χ1v) is 11.1. The first-order valence-electron chi connectivity index (χ1n) is 11.1. The summed E-state index contributed by atoms with van der Waals surface area (Å²) in [5.41, 5.74) is 4.49. The Labute approximate surface area is 183 Å². The van der Waals surface area contributed by atoms with E-state index in [-0.39, 0.29) is 11.9 Å². The summed E-state index contributed by atoms with van der Waals surface area (Å²) in [5.74, 6) is -0.00356. The molecule has 0 bridgehead atoms. The van der Waals surface area contributed by atoms with E-state index in [0.29, 0.717) is 17.2 Å². The summed E-state index contributed by atoms with van der Waals surface area (Å²) in [4.78, 5) is 19.3. The highest BCUT2D eigenvalue weighted by atomic mass is 19.1. The van der Waals surface area contributed by atoms with E-state index in [1.807, 2.05) is 30.8 Å². The summed E-state index contributed by atoms with van der Waals surface area (Å²) in [6.07, 6.45) is 8.95. The third-order valence-electron chi connectivity index (χ3n) is 6.47. The molecule has 5 nitrogen and oxygen atoms in total. The molecule has 2 aromatic heterocycles. The van der Waals surface area contributed by atoms with Gasteiger partial charge in [0.15, 0.2) is 0 Å². The maximum Gasteiger partial charge on any atom is 0.256 e. The van der Waals surface area contributed by atoms with Gasteiger partial charge in [-0.25, -0.2) is 4.39 Å². The number of rotatable bonds is 6. The first-order chi connectivity index (χ1) is 14.9. The van der Waals surface area contributed by atoms with Crippen molar-refractivity contribution < 1.29 is 9.18 Å². The van der Waals surface area contributed by atoms with Crippen molar-refractivity contribution in [1.29, 1.82) is 0 Å². The van der Waals surface area contributed by atoms with E-state index >= 15 is 0 Å². The van der Waals surface area contributed by atoms with E-state index in [4.69, 9.17) is 0 Å². The normalized spacial score (nSPS) is 16.4. The number of carbonyl (C=O) groups excluding carboxylic acids is 1. The molecule has 31 heavy (non-hydrogen) atoms. The molecule has 1 N–H and O–H groups in total. The molecule has 0 radical (unpaired) electrons. The Morgan fingerprint density at radius 3 is 2.81 bits per heavy atom. The number of hydrogen-bond acceptors (Lipinski definition) is 3. The van der Waals surface area contributed by atoms with Crippen LogP contribution < -0.4 is 5.32 Å². The van der Waals surface area contributed by atoms with Crippen LogP contribution >= 0.6 is 0 Å². The second kappa shape index (κ2) is 8.79. The van der Waals surface area contributed by atoms with Crippen molar-refractivity contribution in [3.63, 3.8) is 0 Å². The molecule has 1 atom stereocenters. The summed E-state index contributed by atoms with van der Waals surface area (Å²) in [6, 6.07) is 4.49. The molecule has 0 saturated carbocycles. The van der Waals surface area contributed by atoms with Gasteiger partial charge >= 0.3 is 0 Å². The predicted octanol–water partition coefficient (Wildman–Crippen LogP) is 4.36. The highest BCUT2D eigenvalue weighted by Gasteiger charge is 2.24. The van der Waals surface area contributed by atoms with Crippen molar-refractivity contribution in [3.8, 4) is 5.69 Å². The number of nitrogens with zero attached hydrogens (tertiary/aromatic N) is 3. The number of fused-ring (bicyclic) bond motifs is 1. The van der Waals surface area contributed by atoms with Crippen LogP contribution in [0.15, 0.2) is 36.8 Å². The van der Waals surface area contributed by atoms with Gasteiger partial charge in [0.2, 0.25) is 0 Å². The minimum Gasteiger partial charge on any atom is -0.339 e. The summed E-state index contributed by atoms with van der Waals surface area (Å²) in [7, 11) is 1.75. The van der Waals surface area contributed by atoms with Gasteiger partial charge in [-0.1, -0.05) is 6.92 Å². The number of pyridine rings is 1. The molecule has 6 heteroatoms. The molecular formula is C25H31FN4O. The van der Waals surface area contributed by atoms with E-state index in [9.17, 15) is 9.18 Å². The van der Waals surface area contributed by atoms with Gasteiger partial charge in [0, 0.05) is 30.9 Å². The molecule has 1 aliphatic rings. The van der Waals surface area contributed by atoms with Crippen LogP contribution in [0.25, 0.3) is 16.6 Å². The fourth-order valence-electron chi connectivity index (χ4n) is 4.47. The number of halogens is 1. The molecule has 3 aromatic rings. The smallest absolute Gasteiger partial charge is 0.256 e. The van der Waals surface area contributed by atoms with Gasteiger partial charge in [-0.05, 0) is 81.4 Å². The van der Waals surface area contributed by atoms with Crippen molar-refractivity contribution in [2.24, 2.45) is 5.92 Å². The van der Waals surface area contributed by atoms with Crippen LogP contribution in [0.1, 0.15) is 48.7 Å². The molecule has 1 aromatic carbocycles. The third-order valence-corrected chi connectivity index (χ3v) is 6.47. The Balaban J connectivity index is 1.90. The van der Waals surface area contributed by atoms with E-state index in [2.05, 4.69) is 23.4 Å². The Hall–Kier alpha value is -2.73. The minimum absolute atomic E-state index is 0.0174. The maximum absolute atomic E-state index is 14.2. The molecule has 1 amide bonds. The van der Waals surface area contributed by atoms with Gasteiger partial charge in [-0.15, -0.1) is 0 Å². The van der Waals surface area contributed by atoms with Gasteiger partial charge in [0.1, 0.15) is 5.82 Å². The van der Waals surface area contributed by atoms with Crippen LogP contribution in [0.2, 0.25) is 0 Å². The monoisotopic (exact) mass is 422 g/mol. The highest BCUT2D eigenvalue weighted by Crippen LogP contribution is 2.32. The highest BCUT2D eigenvalue weighted by molar-refractivity contribution is 5.99. The minimum atomic E-state index is -0.412. The standard InChI is InChI=1S/C25H31FN4O/c1-5-18-13-28-14-23-24(18)19(10-17-8-9-27-12-17)15-30(23)22-7-6-20(26)11-21(22)25(31)29(4)16(2)3/h6-7,11,13-17,27H,5,8-10,12H2,1-4H3/t17-/m1/s1. The number of nitrogens with one attached hydrogen (secondary N) is 1. The number of amides is 1. The molecule has 164 valence electrons. The topological polar surface area (TPSA) is 50.2 Å². The number of aromatic nitrogens is 2. The fourth-order valence-corrected chi connectivity index (χ4v) is 4.47. The van der Waals surface area contributed by atoms with E-state index in [1.54, 1.807) is 18.0 Å². The van der Waals surface area contributed by atoms with Crippen LogP contribution in [0, 0.1) is 11.7 Å². The zero-order chi connectivity index (χ0) is 22.1. The first kappa shape index (κ1) is 21.5. The van der Waals surface area contributed by atoms with Gasteiger partial charge < -0.3 is 14.8 Å². The molecule has 0 spiro atoms. The Morgan fingerprint density at radius 1 is 1.32 bits per heavy atom. The molecule has 0 unspecified atom stereocenters. The van der Waals surface area contributed by atoms with Crippen molar-refractivity contribution in [3.05, 3.63) is 59.3 Å². The maximum atomic E-state index is 14.2. The summed E-state index contributed by atoms with van der Waals surface area (Å²) >= 11 is 0. The lowest BCUT2D eigenvalue weighted by molar-refractivity contribution is 0.0754. The second-order valence-corrected chi connectivity index (χ2v) is 8.80. The molecule has 1 fully saturated rings. The number of aryl methyl sites for hydroxylation is 1. The van der Waals surface area contributed by atoms with Crippen LogP contribution in [0.4, 0.5) is 4.39 Å². The van der Waals surface area contributed by atoms with Gasteiger partial charge in [-0.3, -0.25) is 9.78 Å². The van der Waals surface area contributed by atoms with Crippen LogP contribution in [0.3, 0.4) is 0 Å². The third kappa shape index (κ3) is 4.09. The van der Waals surface area contributed by atoms with Crippen LogP contribution in [-0.2, 0) is 12.8 Å². The molecule has 4 rings (SSSR count). The molecule has 0 aliphatic carbocycles. The quantitative estimate of drug-likeness (QED) is 0.642. The van der Waals surface area contributed by atoms with Crippen LogP contribution in [0.5, 0.6) is 0 Å². The molecule has 1 aliphatic heterocycles. The average Bonchev–Trinajstić information content (AvgIpc) is 3.41. The van der Waals surface area contributed by atoms with Crippen molar-refractivity contribution in [2.75, 3.05) is 20.1 Å². The molecule has 1 saturated heterocycles. The van der Waals surface area contributed by atoms with Gasteiger partial charge in [-0.2, -0.15) is 0 Å². The summed E-state index contributed by atoms with van der Waals surface area (Å²) in [6.45, 7) is 8.13. The SMILES string of the molecule is CCc1cncc2c1c(C[C@H]1CCNC1)cn2-c1ccc(F)cc1C(=O)N(C)C(C)C. The van der Waals surface area contributed by atoms with E-state index in [1.165, 1.54) is 35.1 Å². The zero-order valence-corrected chi connectivity index (χ0v) is 18.8. The van der Waals surface area contributed by atoms with Crippen molar-refractivity contribution in [1.82, 2.24) is 19.8 Å². The van der Waals surface area contributed by atoms with E-state index < -0.39 is 5.82 Å². The summed E-state index contributed by atoms with van der Waals surface area (Å²) in [5, 5.41) is 4.66. The number of hydrogen-bond donors (Lipinski definition) is 1.